The summed E-state index contributed by atoms with van der Waals surface area (Å²) in [5.41, 5.74) is 2.90. The van der Waals surface area contributed by atoms with Crippen molar-refractivity contribution >= 4 is 6.29 Å². The van der Waals surface area contributed by atoms with Gasteiger partial charge in [0.2, 0.25) is 0 Å². The number of carbonyl (C=O) groups excluding carboxylic acids is 1. The maximum Gasteiger partial charge on any atom is 0.150 e. The standard InChI is InChI=1S/C19H33NO/c1-7-10-11-18(14-21)16(5)13-17(6)20-19(9-3)12-15(4)8-2/h10-11,13-15,19-20H,7-9,12H2,1-6H3/b11-10+,17-13+,18-16+. The van der Waals surface area contributed by atoms with E-state index in [9.17, 15) is 4.79 Å². The van der Waals surface area contributed by atoms with Crippen LogP contribution in [0.3, 0.4) is 0 Å². The molecule has 120 valence electrons. The molecule has 2 nitrogen and oxygen atoms in total. The molecule has 0 spiro atoms. The highest BCUT2D eigenvalue weighted by Gasteiger charge is 2.10. The number of nitrogens with one attached hydrogen (secondary N) is 1. The van der Waals surface area contributed by atoms with Gasteiger partial charge >= 0.3 is 0 Å². The predicted octanol–water partition coefficient (Wildman–Crippen LogP) is 5.18. The first-order chi connectivity index (χ1) is 9.98. The van der Waals surface area contributed by atoms with Gasteiger partial charge in [-0.15, -0.1) is 0 Å². The Kier molecular flexibility index (Phi) is 10.7. The quantitative estimate of drug-likeness (QED) is 0.341. The van der Waals surface area contributed by atoms with E-state index in [4.69, 9.17) is 0 Å². The van der Waals surface area contributed by atoms with Crippen LogP contribution in [0.5, 0.6) is 0 Å². The number of aldehydes is 1. The van der Waals surface area contributed by atoms with E-state index in [-0.39, 0.29) is 0 Å². The molecule has 0 aromatic heterocycles. The highest BCUT2D eigenvalue weighted by atomic mass is 16.1. The average molecular weight is 291 g/mol. The molecule has 2 unspecified atom stereocenters. The Bertz CT molecular complexity index is 390. The third-order valence-electron chi connectivity index (χ3n) is 3.86. The van der Waals surface area contributed by atoms with E-state index in [0.29, 0.717) is 6.04 Å². The molecule has 0 saturated carbocycles. The molecule has 0 radical (unpaired) electrons. The summed E-state index contributed by atoms with van der Waals surface area (Å²) in [5.74, 6) is 0.741. The fourth-order valence-corrected chi connectivity index (χ4v) is 2.26. The van der Waals surface area contributed by atoms with Gasteiger partial charge in [-0.25, -0.2) is 0 Å². The van der Waals surface area contributed by atoms with Crippen LogP contribution < -0.4 is 5.32 Å². The lowest BCUT2D eigenvalue weighted by Gasteiger charge is -2.22. The van der Waals surface area contributed by atoms with E-state index in [1.807, 2.05) is 19.1 Å². The molecule has 0 bridgehead atoms. The van der Waals surface area contributed by atoms with Crippen molar-refractivity contribution in [2.24, 2.45) is 5.92 Å². The van der Waals surface area contributed by atoms with Crippen molar-refractivity contribution in [3.8, 4) is 0 Å². The van der Waals surface area contributed by atoms with Crippen molar-refractivity contribution in [1.82, 2.24) is 5.32 Å². The lowest BCUT2D eigenvalue weighted by molar-refractivity contribution is -0.104. The monoisotopic (exact) mass is 291 g/mol. The summed E-state index contributed by atoms with van der Waals surface area (Å²) >= 11 is 0. The molecule has 0 aliphatic rings. The van der Waals surface area contributed by atoms with Gasteiger partial charge in [-0.05, 0) is 50.7 Å². The van der Waals surface area contributed by atoms with Crippen molar-refractivity contribution < 1.29 is 4.79 Å². The van der Waals surface area contributed by atoms with Gasteiger partial charge in [-0.1, -0.05) is 46.3 Å². The summed E-state index contributed by atoms with van der Waals surface area (Å²) in [6.45, 7) is 12.9. The lowest BCUT2D eigenvalue weighted by Crippen LogP contribution is -2.28. The fourth-order valence-electron chi connectivity index (χ4n) is 2.26. The summed E-state index contributed by atoms with van der Waals surface area (Å²) < 4.78 is 0. The van der Waals surface area contributed by atoms with E-state index < -0.39 is 0 Å². The SMILES string of the molecule is CC/C=C/C(C=O)=C(C)\C=C(/C)NC(CC)CC(C)CC. The second-order valence-corrected chi connectivity index (χ2v) is 5.89. The summed E-state index contributed by atoms with van der Waals surface area (Å²) in [6.07, 6.45) is 11.4. The normalized spacial score (nSPS) is 16.6. The summed E-state index contributed by atoms with van der Waals surface area (Å²) in [5, 5.41) is 3.58. The molecule has 21 heavy (non-hydrogen) atoms. The molecule has 0 fully saturated rings. The third kappa shape index (κ3) is 8.54. The minimum atomic E-state index is 0.509. The van der Waals surface area contributed by atoms with Crippen molar-refractivity contribution in [1.29, 1.82) is 0 Å². The van der Waals surface area contributed by atoms with Crippen molar-refractivity contribution in [2.75, 3.05) is 0 Å². The first-order valence-corrected chi connectivity index (χ1v) is 8.25. The van der Waals surface area contributed by atoms with Crippen LogP contribution in [0.4, 0.5) is 0 Å². The Morgan fingerprint density at radius 2 is 1.81 bits per heavy atom. The van der Waals surface area contributed by atoms with E-state index >= 15 is 0 Å². The Labute approximate surface area is 131 Å². The molecule has 0 aliphatic carbocycles. The molecule has 2 atom stereocenters. The largest absolute Gasteiger partial charge is 0.386 e. The van der Waals surface area contributed by atoms with Crippen molar-refractivity contribution in [3.63, 3.8) is 0 Å². The zero-order chi connectivity index (χ0) is 16.3. The molecule has 0 rings (SSSR count). The van der Waals surface area contributed by atoms with Crippen LogP contribution in [0, 0.1) is 5.92 Å². The Morgan fingerprint density at radius 1 is 1.14 bits per heavy atom. The molecule has 0 aromatic carbocycles. The number of hydrogen-bond acceptors (Lipinski definition) is 2. The molecule has 0 saturated heterocycles. The Hall–Kier alpha value is -1.31. The minimum Gasteiger partial charge on any atom is -0.386 e. The lowest BCUT2D eigenvalue weighted by atomic mass is 9.97. The second-order valence-electron chi connectivity index (χ2n) is 5.89. The highest BCUT2D eigenvalue weighted by Crippen LogP contribution is 2.14. The van der Waals surface area contributed by atoms with Crippen LogP contribution in [0.25, 0.3) is 0 Å². The van der Waals surface area contributed by atoms with Gasteiger partial charge < -0.3 is 5.32 Å². The van der Waals surface area contributed by atoms with Gasteiger partial charge in [0, 0.05) is 17.3 Å². The smallest absolute Gasteiger partial charge is 0.150 e. The molecule has 0 aliphatic heterocycles. The van der Waals surface area contributed by atoms with E-state index in [0.717, 1.165) is 41.9 Å². The fraction of sp³-hybridized carbons (Fsp3) is 0.632. The van der Waals surface area contributed by atoms with Crippen molar-refractivity contribution in [2.45, 2.75) is 73.3 Å². The van der Waals surface area contributed by atoms with Gasteiger partial charge in [0.25, 0.3) is 0 Å². The molecule has 0 amide bonds. The predicted molar refractivity (Wildman–Crippen MR) is 93.2 cm³/mol. The number of hydrogen-bond donors (Lipinski definition) is 1. The van der Waals surface area contributed by atoms with Gasteiger partial charge in [0.15, 0.2) is 0 Å². The Balaban J connectivity index is 4.87. The average Bonchev–Trinajstić information content (AvgIpc) is 2.46. The van der Waals surface area contributed by atoms with Crippen molar-refractivity contribution in [3.05, 3.63) is 35.1 Å². The molecule has 2 heteroatoms. The molecule has 0 aromatic rings. The van der Waals surface area contributed by atoms with Gasteiger partial charge in [-0.2, -0.15) is 0 Å². The summed E-state index contributed by atoms with van der Waals surface area (Å²) in [7, 11) is 0. The van der Waals surface area contributed by atoms with Crippen LogP contribution in [0.1, 0.15) is 67.2 Å². The zero-order valence-electron chi connectivity index (χ0n) is 14.7. The van der Waals surface area contributed by atoms with Gasteiger partial charge in [0.05, 0.1) is 0 Å². The molecular formula is C19H33NO. The second kappa shape index (κ2) is 11.4. The Morgan fingerprint density at radius 3 is 2.29 bits per heavy atom. The first-order valence-electron chi connectivity index (χ1n) is 8.25. The molecular weight excluding hydrogens is 258 g/mol. The molecule has 0 heterocycles. The zero-order valence-corrected chi connectivity index (χ0v) is 14.7. The van der Waals surface area contributed by atoms with Crippen LogP contribution in [0.15, 0.2) is 35.1 Å². The maximum atomic E-state index is 11.1. The number of allylic oxidation sites excluding steroid dienone is 6. The summed E-state index contributed by atoms with van der Waals surface area (Å²) in [6, 6.07) is 0.509. The van der Waals surface area contributed by atoms with Gasteiger partial charge in [-0.3, -0.25) is 4.79 Å². The minimum absolute atomic E-state index is 0.509. The topological polar surface area (TPSA) is 29.1 Å². The van der Waals surface area contributed by atoms with E-state index in [2.05, 4.69) is 46.0 Å². The molecule has 1 N–H and O–H groups in total. The van der Waals surface area contributed by atoms with Crippen LogP contribution >= 0.6 is 0 Å². The summed E-state index contributed by atoms with van der Waals surface area (Å²) in [4.78, 5) is 11.1. The number of rotatable bonds is 10. The van der Waals surface area contributed by atoms with Crippen LogP contribution in [-0.2, 0) is 4.79 Å². The first kappa shape index (κ1) is 19.7. The van der Waals surface area contributed by atoms with E-state index in [1.165, 1.54) is 12.8 Å². The maximum absolute atomic E-state index is 11.1. The van der Waals surface area contributed by atoms with E-state index in [1.54, 1.807) is 0 Å². The van der Waals surface area contributed by atoms with Crippen LogP contribution in [0.2, 0.25) is 0 Å². The third-order valence-corrected chi connectivity index (χ3v) is 3.86. The number of carbonyl (C=O) groups is 1. The van der Waals surface area contributed by atoms with Gasteiger partial charge in [0.1, 0.15) is 6.29 Å². The van der Waals surface area contributed by atoms with Crippen LogP contribution in [-0.4, -0.2) is 12.3 Å². The highest BCUT2D eigenvalue weighted by molar-refractivity contribution is 5.79.